The van der Waals surface area contributed by atoms with Gasteiger partial charge in [0, 0.05) is 16.6 Å². The lowest BCUT2D eigenvalue weighted by Crippen LogP contribution is -2.22. The average Bonchev–Trinajstić information content (AvgIpc) is 2.75. The summed E-state index contributed by atoms with van der Waals surface area (Å²) in [5.41, 5.74) is 3.75. The zero-order valence-electron chi connectivity index (χ0n) is 15.4. The van der Waals surface area contributed by atoms with Crippen LogP contribution in [0, 0.1) is 0 Å². The van der Waals surface area contributed by atoms with Crippen LogP contribution >= 0.6 is 11.8 Å². The molecule has 0 fully saturated rings. The van der Waals surface area contributed by atoms with Crippen molar-refractivity contribution in [2.75, 3.05) is 5.32 Å². The summed E-state index contributed by atoms with van der Waals surface area (Å²) in [4.78, 5) is 21.5. The van der Waals surface area contributed by atoms with Gasteiger partial charge in [-0.15, -0.1) is 0 Å². The summed E-state index contributed by atoms with van der Waals surface area (Å²) < 4.78 is 0. The normalized spacial score (nSPS) is 11.9. The molecule has 0 aliphatic carbocycles. The molecule has 0 bridgehead atoms. The van der Waals surface area contributed by atoms with Crippen LogP contribution in [0.15, 0.2) is 90.2 Å². The second kappa shape index (κ2) is 8.23. The molecule has 4 rings (SSSR count). The second-order valence-corrected chi connectivity index (χ2v) is 7.69. The minimum atomic E-state index is -0.304. The predicted molar refractivity (Wildman–Crippen MR) is 115 cm³/mol. The molecule has 5 heteroatoms. The Hall–Kier alpha value is -3.18. The van der Waals surface area contributed by atoms with Crippen molar-refractivity contribution >= 4 is 34.3 Å². The Morgan fingerprint density at radius 2 is 1.61 bits per heavy atom. The highest BCUT2D eigenvalue weighted by Crippen LogP contribution is 2.31. The van der Waals surface area contributed by atoms with Crippen molar-refractivity contribution in [3.8, 4) is 11.1 Å². The molecule has 0 saturated heterocycles. The number of thioether (sulfide) groups is 1. The van der Waals surface area contributed by atoms with Gasteiger partial charge in [-0.3, -0.25) is 4.79 Å². The number of fused-ring (bicyclic) bond motifs is 1. The number of nitrogens with zero attached hydrogens (tertiary/aromatic N) is 2. The van der Waals surface area contributed by atoms with Crippen LogP contribution in [-0.4, -0.2) is 21.1 Å². The average molecular weight is 385 g/mol. The summed E-state index contributed by atoms with van der Waals surface area (Å²) in [6.45, 7) is 1.89. The van der Waals surface area contributed by atoms with Gasteiger partial charge in [-0.25, -0.2) is 9.97 Å². The Labute approximate surface area is 168 Å². The Morgan fingerprint density at radius 1 is 0.893 bits per heavy atom. The van der Waals surface area contributed by atoms with Crippen LogP contribution < -0.4 is 5.32 Å². The van der Waals surface area contributed by atoms with Crippen LogP contribution in [0.3, 0.4) is 0 Å². The van der Waals surface area contributed by atoms with Crippen LogP contribution in [0.4, 0.5) is 5.69 Å². The fraction of sp³-hybridized carbons (Fsp3) is 0.0870. The van der Waals surface area contributed by atoms with Crippen LogP contribution in [0.5, 0.6) is 0 Å². The number of carbonyl (C=O) groups excluding carboxylic acids is 1. The molecule has 138 valence electrons. The highest BCUT2D eigenvalue weighted by atomic mass is 32.2. The summed E-state index contributed by atoms with van der Waals surface area (Å²) in [5.74, 6) is -0.0592. The lowest BCUT2D eigenvalue weighted by Gasteiger charge is -2.15. The number of hydrogen-bond donors (Lipinski definition) is 1. The molecular formula is C23H19N3OS. The number of anilines is 1. The molecule has 0 unspecified atom stereocenters. The molecule has 0 aliphatic heterocycles. The van der Waals surface area contributed by atoms with Crippen LogP contribution in [-0.2, 0) is 4.79 Å². The maximum Gasteiger partial charge on any atom is 0.237 e. The molecule has 1 atom stereocenters. The van der Waals surface area contributed by atoms with Crippen molar-refractivity contribution in [2.24, 2.45) is 0 Å². The largest absolute Gasteiger partial charge is 0.325 e. The van der Waals surface area contributed by atoms with Crippen molar-refractivity contribution < 1.29 is 4.79 Å². The van der Waals surface area contributed by atoms with E-state index in [9.17, 15) is 4.79 Å². The molecule has 0 radical (unpaired) electrons. The summed E-state index contributed by atoms with van der Waals surface area (Å²) in [5, 5.41) is 4.54. The topological polar surface area (TPSA) is 54.9 Å². The standard InChI is InChI=1S/C23H19N3OS/c1-16(28-23-19-12-6-7-13-20(19)24-15-25-23)22(27)26-21-14-8-5-11-18(21)17-9-3-2-4-10-17/h2-16H,1H3,(H,26,27)/t16-/m1/s1. The molecule has 0 spiro atoms. The number of rotatable bonds is 5. The smallest absolute Gasteiger partial charge is 0.237 e. The first-order valence-electron chi connectivity index (χ1n) is 9.04. The Balaban J connectivity index is 1.54. The van der Waals surface area contributed by atoms with Crippen molar-refractivity contribution in [1.29, 1.82) is 0 Å². The zero-order chi connectivity index (χ0) is 19.3. The van der Waals surface area contributed by atoms with Gasteiger partial charge < -0.3 is 5.32 Å². The molecular weight excluding hydrogens is 366 g/mol. The Kier molecular flexibility index (Phi) is 5.35. The Morgan fingerprint density at radius 3 is 2.46 bits per heavy atom. The third-order valence-corrected chi connectivity index (χ3v) is 5.55. The van der Waals surface area contributed by atoms with Gasteiger partial charge in [0.05, 0.1) is 10.8 Å². The third-order valence-electron chi connectivity index (χ3n) is 4.43. The highest BCUT2D eigenvalue weighted by molar-refractivity contribution is 8.00. The molecule has 4 aromatic rings. The number of amides is 1. The van der Waals surface area contributed by atoms with E-state index in [0.29, 0.717) is 0 Å². The van der Waals surface area contributed by atoms with E-state index in [0.717, 1.165) is 32.7 Å². The zero-order valence-corrected chi connectivity index (χ0v) is 16.2. The molecule has 4 nitrogen and oxygen atoms in total. The number of benzene rings is 3. The van der Waals surface area contributed by atoms with Gasteiger partial charge in [-0.1, -0.05) is 78.5 Å². The maximum atomic E-state index is 12.9. The number of hydrogen-bond acceptors (Lipinski definition) is 4. The van der Waals surface area contributed by atoms with Gasteiger partial charge in [0.15, 0.2) is 0 Å². The van der Waals surface area contributed by atoms with Gasteiger partial charge in [0.2, 0.25) is 5.91 Å². The third kappa shape index (κ3) is 3.89. The lowest BCUT2D eigenvalue weighted by atomic mass is 10.0. The van der Waals surface area contributed by atoms with Gasteiger partial charge in [-0.2, -0.15) is 0 Å². The first-order chi connectivity index (χ1) is 13.7. The van der Waals surface area contributed by atoms with E-state index in [1.165, 1.54) is 11.8 Å². The number of nitrogens with one attached hydrogen (secondary N) is 1. The predicted octanol–water partition coefficient (Wildman–Crippen LogP) is 5.42. The highest BCUT2D eigenvalue weighted by Gasteiger charge is 2.18. The molecule has 1 heterocycles. The van der Waals surface area contributed by atoms with E-state index < -0.39 is 0 Å². The number of carbonyl (C=O) groups is 1. The second-order valence-electron chi connectivity index (χ2n) is 6.36. The summed E-state index contributed by atoms with van der Waals surface area (Å²) in [6, 6.07) is 25.7. The molecule has 0 aliphatic rings. The van der Waals surface area contributed by atoms with Crippen molar-refractivity contribution in [3.63, 3.8) is 0 Å². The van der Waals surface area contributed by atoms with E-state index in [4.69, 9.17) is 0 Å². The quantitative estimate of drug-likeness (QED) is 0.368. The number of para-hydroxylation sites is 2. The fourth-order valence-electron chi connectivity index (χ4n) is 2.99. The summed E-state index contributed by atoms with van der Waals surface area (Å²) in [6.07, 6.45) is 1.54. The Bertz CT molecular complexity index is 1110. The van der Waals surface area contributed by atoms with E-state index in [1.54, 1.807) is 6.33 Å². The first kappa shape index (κ1) is 18.2. The minimum Gasteiger partial charge on any atom is -0.325 e. The monoisotopic (exact) mass is 385 g/mol. The molecule has 3 aromatic carbocycles. The van der Waals surface area contributed by atoms with Gasteiger partial charge in [0.1, 0.15) is 11.4 Å². The molecule has 28 heavy (non-hydrogen) atoms. The summed E-state index contributed by atoms with van der Waals surface area (Å²) in [7, 11) is 0. The van der Waals surface area contributed by atoms with Crippen LogP contribution in [0.1, 0.15) is 6.92 Å². The van der Waals surface area contributed by atoms with Crippen LogP contribution in [0.25, 0.3) is 22.0 Å². The van der Waals surface area contributed by atoms with E-state index in [1.807, 2.05) is 85.8 Å². The van der Waals surface area contributed by atoms with E-state index in [-0.39, 0.29) is 11.2 Å². The molecule has 1 N–H and O–H groups in total. The lowest BCUT2D eigenvalue weighted by molar-refractivity contribution is -0.115. The SMILES string of the molecule is C[C@@H](Sc1ncnc2ccccc12)C(=O)Nc1ccccc1-c1ccccc1. The number of aromatic nitrogens is 2. The first-order valence-corrected chi connectivity index (χ1v) is 9.92. The maximum absolute atomic E-state index is 12.9. The van der Waals surface area contributed by atoms with Crippen molar-refractivity contribution in [2.45, 2.75) is 17.2 Å². The molecule has 0 saturated carbocycles. The minimum absolute atomic E-state index is 0.0592. The van der Waals surface area contributed by atoms with Crippen LogP contribution in [0.2, 0.25) is 0 Å². The van der Waals surface area contributed by atoms with Gasteiger partial charge in [0.25, 0.3) is 0 Å². The van der Waals surface area contributed by atoms with Gasteiger partial charge >= 0.3 is 0 Å². The van der Waals surface area contributed by atoms with Crippen molar-refractivity contribution in [3.05, 3.63) is 85.2 Å². The molecule has 1 aromatic heterocycles. The summed E-state index contributed by atoms with van der Waals surface area (Å²) >= 11 is 1.44. The fourth-order valence-corrected chi connectivity index (χ4v) is 3.90. The van der Waals surface area contributed by atoms with E-state index in [2.05, 4.69) is 15.3 Å². The van der Waals surface area contributed by atoms with Crippen molar-refractivity contribution in [1.82, 2.24) is 9.97 Å². The van der Waals surface area contributed by atoms with E-state index >= 15 is 0 Å². The molecule has 1 amide bonds. The van der Waals surface area contributed by atoms with Gasteiger partial charge in [-0.05, 0) is 24.6 Å².